The maximum atomic E-state index is 12.1. The average Bonchev–Trinajstić information content (AvgIpc) is 3.55. The number of ether oxygens (including phenoxy) is 3. The molecule has 4 aromatic rings. The summed E-state index contributed by atoms with van der Waals surface area (Å²) in [5.74, 6) is 0.909. The third kappa shape index (κ3) is 5.06. The van der Waals surface area contributed by atoms with Crippen molar-refractivity contribution in [3.63, 3.8) is 0 Å². The molecule has 0 bridgehead atoms. The van der Waals surface area contributed by atoms with Gasteiger partial charge in [-0.05, 0) is 69.9 Å². The summed E-state index contributed by atoms with van der Waals surface area (Å²) < 4.78 is 20.5. The van der Waals surface area contributed by atoms with Crippen molar-refractivity contribution < 1.29 is 19.0 Å². The quantitative estimate of drug-likeness (QED) is 0.310. The Balaban J connectivity index is 1.56. The van der Waals surface area contributed by atoms with Crippen molar-refractivity contribution in [2.75, 3.05) is 13.7 Å². The van der Waals surface area contributed by atoms with Crippen molar-refractivity contribution in [2.24, 2.45) is 0 Å². The lowest BCUT2D eigenvalue weighted by molar-refractivity contribution is -0.145. The molecular formula is C27H32N6O4. The topological polar surface area (TPSA) is 106 Å². The third-order valence-corrected chi connectivity index (χ3v) is 6.40. The van der Waals surface area contributed by atoms with Crippen LogP contribution in [0.2, 0.25) is 0 Å². The number of hydrogen-bond acceptors (Lipinski definition) is 8. The van der Waals surface area contributed by atoms with E-state index in [4.69, 9.17) is 24.3 Å². The van der Waals surface area contributed by atoms with Crippen LogP contribution in [0.5, 0.6) is 5.75 Å². The van der Waals surface area contributed by atoms with Crippen LogP contribution in [0.1, 0.15) is 58.7 Å². The molecular weight excluding hydrogens is 472 g/mol. The molecule has 4 heterocycles. The van der Waals surface area contributed by atoms with Gasteiger partial charge >= 0.3 is 5.97 Å². The highest BCUT2D eigenvalue weighted by molar-refractivity contribution is 5.93. The smallest absolute Gasteiger partial charge is 0.330 e. The summed E-state index contributed by atoms with van der Waals surface area (Å²) in [5.41, 5.74) is 2.87. The first kappa shape index (κ1) is 24.9. The van der Waals surface area contributed by atoms with Crippen molar-refractivity contribution in [3.8, 4) is 28.7 Å². The van der Waals surface area contributed by atoms with Gasteiger partial charge in [0.05, 0.1) is 24.4 Å². The largest absolute Gasteiger partial charge is 0.491 e. The van der Waals surface area contributed by atoms with E-state index in [1.165, 1.54) is 7.11 Å². The van der Waals surface area contributed by atoms with Gasteiger partial charge in [-0.15, -0.1) is 0 Å². The fraction of sp³-hybridized carbons (Fsp3) is 0.444. The number of carbonyl (C=O) groups excluding carboxylic acids is 1. The van der Waals surface area contributed by atoms with Crippen molar-refractivity contribution in [3.05, 3.63) is 42.7 Å². The lowest BCUT2D eigenvalue weighted by Gasteiger charge is -2.23. The minimum atomic E-state index is -0.491. The first-order valence-electron chi connectivity index (χ1n) is 12.8. The summed E-state index contributed by atoms with van der Waals surface area (Å²) in [7, 11) is 1.38. The molecule has 0 radical (unpaired) electrons. The second-order valence-corrected chi connectivity index (χ2v) is 9.35. The first-order chi connectivity index (χ1) is 18.0. The SMILES string of the molecule is CCC(C(=O)OC)n1ccc(-c2ccnc(-c3nn(C4CCCCO4)c4ccc(OC(C)C)cc34)n2)n1. The van der Waals surface area contributed by atoms with Crippen LogP contribution < -0.4 is 4.74 Å². The number of carbonyl (C=O) groups is 1. The molecule has 0 aliphatic carbocycles. The van der Waals surface area contributed by atoms with Crippen LogP contribution in [-0.4, -0.2) is 55.3 Å². The van der Waals surface area contributed by atoms with E-state index in [0.717, 1.165) is 42.5 Å². The molecule has 0 N–H and O–H groups in total. The summed E-state index contributed by atoms with van der Waals surface area (Å²) in [6.45, 7) is 6.63. The van der Waals surface area contributed by atoms with E-state index in [-0.39, 0.29) is 18.3 Å². The molecule has 1 fully saturated rings. The van der Waals surface area contributed by atoms with Gasteiger partial charge in [-0.25, -0.2) is 19.4 Å². The molecule has 5 rings (SSSR count). The van der Waals surface area contributed by atoms with Gasteiger partial charge in [-0.1, -0.05) is 6.92 Å². The molecule has 194 valence electrons. The van der Waals surface area contributed by atoms with Gasteiger partial charge in [0, 0.05) is 24.4 Å². The van der Waals surface area contributed by atoms with E-state index in [2.05, 4.69) is 10.1 Å². The number of rotatable bonds is 8. The van der Waals surface area contributed by atoms with Gasteiger partial charge in [0.1, 0.15) is 23.2 Å². The zero-order valence-corrected chi connectivity index (χ0v) is 21.6. The molecule has 1 aliphatic heterocycles. The summed E-state index contributed by atoms with van der Waals surface area (Å²) in [5, 5.41) is 10.4. The minimum Gasteiger partial charge on any atom is -0.491 e. The minimum absolute atomic E-state index is 0.0456. The van der Waals surface area contributed by atoms with E-state index in [1.54, 1.807) is 23.1 Å². The Labute approximate surface area is 215 Å². The van der Waals surface area contributed by atoms with Gasteiger partial charge in [-0.2, -0.15) is 10.2 Å². The Morgan fingerprint density at radius 3 is 2.76 bits per heavy atom. The Kier molecular flexibility index (Phi) is 7.18. The summed E-state index contributed by atoms with van der Waals surface area (Å²) in [4.78, 5) is 21.5. The third-order valence-electron chi connectivity index (χ3n) is 6.40. The van der Waals surface area contributed by atoms with Crippen LogP contribution in [-0.2, 0) is 14.3 Å². The van der Waals surface area contributed by atoms with Crippen molar-refractivity contribution in [1.82, 2.24) is 29.5 Å². The Morgan fingerprint density at radius 2 is 2.03 bits per heavy atom. The zero-order valence-electron chi connectivity index (χ0n) is 21.6. The first-order valence-corrected chi connectivity index (χ1v) is 12.8. The number of aromatic nitrogens is 6. The molecule has 1 saturated heterocycles. The van der Waals surface area contributed by atoms with Crippen LogP contribution in [0.25, 0.3) is 33.8 Å². The molecule has 1 aliphatic rings. The van der Waals surface area contributed by atoms with Crippen LogP contribution in [0.4, 0.5) is 0 Å². The summed E-state index contributed by atoms with van der Waals surface area (Å²) in [6, 6.07) is 9.11. The molecule has 0 saturated carbocycles. The standard InChI is InChI=1S/C27H32N6O4/c1-5-22(27(34)35-4)32-14-12-21(30-32)20-11-13-28-26(29-20)25-19-16-18(37-17(2)3)9-10-23(19)33(31-25)24-8-6-7-15-36-24/h9-14,16-17,22,24H,5-8,15H2,1-4H3. The number of methoxy groups -OCH3 is 1. The van der Waals surface area contributed by atoms with Crippen LogP contribution in [0, 0.1) is 0 Å². The predicted octanol–water partition coefficient (Wildman–Crippen LogP) is 4.97. The zero-order chi connectivity index (χ0) is 25.9. The van der Waals surface area contributed by atoms with Crippen LogP contribution in [0.15, 0.2) is 42.7 Å². The molecule has 0 spiro atoms. The van der Waals surface area contributed by atoms with E-state index in [0.29, 0.717) is 29.3 Å². The van der Waals surface area contributed by atoms with Gasteiger partial charge in [0.25, 0.3) is 0 Å². The Morgan fingerprint density at radius 1 is 1.16 bits per heavy atom. The number of hydrogen-bond donors (Lipinski definition) is 0. The average molecular weight is 505 g/mol. The maximum Gasteiger partial charge on any atom is 0.330 e. The molecule has 2 unspecified atom stereocenters. The van der Waals surface area contributed by atoms with Crippen molar-refractivity contribution in [2.45, 2.75) is 64.8 Å². The normalized spacial score (nSPS) is 16.7. The van der Waals surface area contributed by atoms with E-state index >= 15 is 0 Å². The van der Waals surface area contributed by atoms with E-state index in [1.807, 2.05) is 49.7 Å². The van der Waals surface area contributed by atoms with Gasteiger partial charge < -0.3 is 14.2 Å². The predicted molar refractivity (Wildman–Crippen MR) is 138 cm³/mol. The van der Waals surface area contributed by atoms with Crippen LogP contribution >= 0.6 is 0 Å². The number of nitrogens with zero attached hydrogens (tertiary/aromatic N) is 6. The highest BCUT2D eigenvalue weighted by atomic mass is 16.5. The maximum absolute atomic E-state index is 12.1. The molecule has 0 amide bonds. The number of esters is 1. The second kappa shape index (κ2) is 10.7. The Hall–Kier alpha value is -3.79. The highest BCUT2D eigenvalue weighted by Crippen LogP contribution is 2.34. The fourth-order valence-corrected chi connectivity index (χ4v) is 4.63. The molecule has 3 aromatic heterocycles. The highest BCUT2D eigenvalue weighted by Gasteiger charge is 2.24. The second-order valence-electron chi connectivity index (χ2n) is 9.35. The lowest BCUT2D eigenvalue weighted by Crippen LogP contribution is -2.20. The lowest BCUT2D eigenvalue weighted by atomic mass is 10.1. The van der Waals surface area contributed by atoms with Gasteiger partial charge in [0.2, 0.25) is 0 Å². The molecule has 37 heavy (non-hydrogen) atoms. The summed E-state index contributed by atoms with van der Waals surface area (Å²) >= 11 is 0. The van der Waals surface area contributed by atoms with Crippen LogP contribution in [0.3, 0.4) is 0 Å². The molecule has 10 nitrogen and oxygen atoms in total. The molecule has 10 heteroatoms. The molecule has 1 aromatic carbocycles. The fourth-order valence-electron chi connectivity index (χ4n) is 4.63. The summed E-state index contributed by atoms with van der Waals surface area (Å²) in [6.07, 6.45) is 6.99. The van der Waals surface area contributed by atoms with E-state index in [9.17, 15) is 4.79 Å². The number of benzene rings is 1. The van der Waals surface area contributed by atoms with Crippen molar-refractivity contribution >= 4 is 16.9 Å². The Bertz CT molecular complexity index is 1390. The van der Waals surface area contributed by atoms with E-state index < -0.39 is 6.04 Å². The number of fused-ring (bicyclic) bond motifs is 1. The van der Waals surface area contributed by atoms with Gasteiger partial charge in [0.15, 0.2) is 12.1 Å². The van der Waals surface area contributed by atoms with Gasteiger partial charge in [-0.3, -0.25) is 4.68 Å². The van der Waals surface area contributed by atoms with Crippen molar-refractivity contribution in [1.29, 1.82) is 0 Å². The monoisotopic (exact) mass is 504 g/mol. The molecule has 2 atom stereocenters.